The number of nitrogens with one attached hydrogen (secondary N) is 2. The topological polar surface area (TPSA) is 114 Å². The van der Waals surface area contributed by atoms with Crippen molar-refractivity contribution in [1.29, 1.82) is 0 Å². The van der Waals surface area contributed by atoms with Gasteiger partial charge in [0, 0.05) is 56.0 Å². The molecular weight excluding hydrogens is 520 g/mol. The zero-order valence-electron chi connectivity index (χ0n) is 23.0. The molecule has 41 heavy (non-hydrogen) atoms. The number of likely N-dealkylation sites (N-methyl/N-ethyl adjacent to an activating group) is 1. The summed E-state index contributed by atoms with van der Waals surface area (Å²) in [7, 11) is 2.13. The van der Waals surface area contributed by atoms with Crippen molar-refractivity contribution in [3.63, 3.8) is 0 Å². The molecule has 1 aromatic heterocycles. The number of aromatic nitrogens is 2. The van der Waals surface area contributed by atoms with Crippen molar-refractivity contribution < 1.29 is 19.4 Å². The third kappa shape index (κ3) is 5.41. The summed E-state index contributed by atoms with van der Waals surface area (Å²) < 4.78 is 5.41. The van der Waals surface area contributed by atoms with Gasteiger partial charge in [-0.15, -0.1) is 0 Å². The largest absolute Gasteiger partial charge is 0.415 e. The normalized spacial score (nSPS) is 19.5. The molecule has 1 atom stereocenters. The standard InChI is InChI=1S/C31H34N6O4/c1-35-16-18-36(19-17-35)15-7-14-32-30(39)41-29-33-26-13-12-23(20-27(26)34-29)31(40)25-11-6-5-10-24(25)28(38)37(31)21-22-8-3-2-4-9-22/h2-6,8-13,20,40H,7,14-19,21H2,1H3,(H,32,39)(H,33,34). The van der Waals surface area contributed by atoms with Crippen LogP contribution in [0.15, 0.2) is 72.8 Å². The molecule has 1 fully saturated rings. The molecule has 0 saturated carbocycles. The van der Waals surface area contributed by atoms with Crippen LogP contribution < -0.4 is 10.1 Å². The maximum Gasteiger partial charge on any atom is 0.415 e. The Morgan fingerprint density at radius 1 is 1.05 bits per heavy atom. The lowest BCUT2D eigenvalue weighted by Gasteiger charge is -2.35. The zero-order chi connectivity index (χ0) is 28.4. The van der Waals surface area contributed by atoms with Crippen molar-refractivity contribution in [2.24, 2.45) is 0 Å². The van der Waals surface area contributed by atoms with Crippen LogP contribution >= 0.6 is 0 Å². The van der Waals surface area contributed by atoms with Crippen LogP contribution in [0.25, 0.3) is 11.0 Å². The van der Waals surface area contributed by atoms with Crippen LogP contribution in [0.1, 0.15) is 33.5 Å². The van der Waals surface area contributed by atoms with Crippen molar-refractivity contribution in [2.75, 3.05) is 46.3 Å². The molecule has 2 aliphatic heterocycles. The van der Waals surface area contributed by atoms with Crippen LogP contribution in [0.4, 0.5) is 4.79 Å². The number of nitrogens with zero attached hydrogens (tertiary/aromatic N) is 4. The summed E-state index contributed by atoms with van der Waals surface area (Å²) in [6, 6.07) is 22.0. The summed E-state index contributed by atoms with van der Waals surface area (Å²) in [5.74, 6) is -0.245. The van der Waals surface area contributed by atoms with E-state index in [4.69, 9.17) is 4.74 Å². The van der Waals surface area contributed by atoms with Crippen LogP contribution in [-0.4, -0.2) is 88.1 Å². The summed E-state index contributed by atoms with van der Waals surface area (Å²) >= 11 is 0. The minimum Gasteiger partial charge on any atom is -0.375 e. The van der Waals surface area contributed by atoms with Crippen LogP contribution in [0.3, 0.4) is 0 Å². The molecule has 212 valence electrons. The van der Waals surface area contributed by atoms with E-state index >= 15 is 0 Å². The SMILES string of the molecule is CN1CCN(CCCNC(=O)Oc2nc3ccc(C4(O)c5ccccc5C(=O)N4Cc4ccccc4)cc3[nH]2)CC1. The number of hydrogen-bond donors (Lipinski definition) is 3. The maximum absolute atomic E-state index is 13.5. The number of amides is 2. The molecule has 2 aliphatic rings. The highest BCUT2D eigenvalue weighted by Gasteiger charge is 2.49. The number of imidazole rings is 1. The lowest BCUT2D eigenvalue weighted by molar-refractivity contribution is -0.0542. The Labute approximate surface area is 238 Å². The Balaban J connectivity index is 1.16. The van der Waals surface area contributed by atoms with Crippen molar-refractivity contribution in [3.05, 3.63) is 95.1 Å². The monoisotopic (exact) mass is 554 g/mol. The van der Waals surface area contributed by atoms with Crippen molar-refractivity contribution in [2.45, 2.75) is 18.7 Å². The van der Waals surface area contributed by atoms with Gasteiger partial charge >= 0.3 is 12.1 Å². The summed E-state index contributed by atoms with van der Waals surface area (Å²) in [5, 5.41) is 15.0. The van der Waals surface area contributed by atoms with Gasteiger partial charge in [-0.05, 0) is 43.8 Å². The predicted molar refractivity (Wildman–Crippen MR) is 154 cm³/mol. The third-order valence-corrected chi connectivity index (χ3v) is 7.92. The van der Waals surface area contributed by atoms with Gasteiger partial charge in [0.05, 0.1) is 11.0 Å². The third-order valence-electron chi connectivity index (χ3n) is 7.92. The smallest absolute Gasteiger partial charge is 0.375 e. The molecule has 1 unspecified atom stereocenters. The lowest BCUT2D eigenvalue weighted by atomic mass is 9.93. The Bertz CT molecular complexity index is 1550. The molecule has 0 bridgehead atoms. The fraction of sp³-hybridized carbons (Fsp3) is 0.323. The number of benzene rings is 3. The van der Waals surface area contributed by atoms with Crippen LogP contribution in [0, 0.1) is 0 Å². The van der Waals surface area contributed by atoms with Crippen molar-refractivity contribution >= 4 is 23.0 Å². The molecule has 10 heteroatoms. The molecule has 3 heterocycles. The fourth-order valence-electron chi connectivity index (χ4n) is 5.61. The van der Waals surface area contributed by atoms with Crippen molar-refractivity contribution in [1.82, 2.24) is 30.0 Å². The van der Waals surface area contributed by atoms with Gasteiger partial charge in [0.15, 0.2) is 5.72 Å². The van der Waals surface area contributed by atoms with E-state index in [9.17, 15) is 14.7 Å². The van der Waals surface area contributed by atoms with E-state index < -0.39 is 11.8 Å². The van der Waals surface area contributed by atoms with Gasteiger partial charge in [-0.25, -0.2) is 4.79 Å². The molecule has 0 aliphatic carbocycles. The fourth-order valence-corrected chi connectivity index (χ4v) is 5.61. The average Bonchev–Trinajstić information content (AvgIpc) is 3.49. The molecule has 1 saturated heterocycles. The van der Waals surface area contributed by atoms with E-state index in [-0.39, 0.29) is 18.5 Å². The van der Waals surface area contributed by atoms with E-state index in [1.807, 2.05) is 36.4 Å². The number of aliphatic hydroxyl groups is 1. The van der Waals surface area contributed by atoms with Gasteiger partial charge in [-0.3, -0.25) is 9.69 Å². The molecule has 2 amide bonds. The Kier molecular flexibility index (Phi) is 7.44. The number of H-pyrrole nitrogens is 1. The molecule has 0 spiro atoms. The summed E-state index contributed by atoms with van der Waals surface area (Å²) in [4.78, 5) is 39.5. The molecular formula is C31H34N6O4. The summed E-state index contributed by atoms with van der Waals surface area (Å²) in [5.41, 5.74) is 1.84. The van der Waals surface area contributed by atoms with Gasteiger partial charge in [-0.2, -0.15) is 4.98 Å². The highest BCUT2D eigenvalue weighted by molar-refractivity contribution is 6.00. The number of aromatic amines is 1. The first-order valence-corrected chi connectivity index (χ1v) is 14.0. The first kappa shape index (κ1) is 26.9. The highest BCUT2D eigenvalue weighted by Crippen LogP contribution is 2.43. The summed E-state index contributed by atoms with van der Waals surface area (Å²) in [6.07, 6.45) is 0.256. The second-order valence-electron chi connectivity index (χ2n) is 10.7. The molecule has 0 radical (unpaired) electrons. The van der Waals surface area contributed by atoms with E-state index in [1.165, 1.54) is 4.90 Å². The van der Waals surface area contributed by atoms with Crippen molar-refractivity contribution in [3.8, 4) is 6.01 Å². The molecule has 10 nitrogen and oxygen atoms in total. The Morgan fingerprint density at radius 2 is 1.80 bits per heavy atom. The quantitative estimate of drug-likeness (QED) is 0.287. The molecule has 4 aromatic rings. The number of carbonyl (C=O) groups is 2. The number of rotatable bonds is 8. The van der Waals surface area contributed by atoms with Gasteiger partial charge in [0.2, 0.25) is 0 Å². The minimum absolute atomic E-state index is 0.0600. The minimum atomic E-state index is -1.69. The molecule has 3 N–H and O–H groups in total. The lowest BCUT2D eigenvalue weighted by Crippen LogP contribution is -2.45. The molecule has 3 aromatic carbocycles. The Morgan fingerprint density at radius 3 is 2.61 bits per heavy atom. The average molecular weight is 555 g/mol. The zero-order valence-corrected chi connectivity index (χ0v) is 23.0. The summed E-state index contributed by atoms with van der Waals surface area (Å²) in [6.45, 7) is 5.88. The number of carbonyl (C=O) groups excluding carboxylic acids is 2. The number of ether oxygens (including phenoxy) is 1. The predicted octanol–water partition coefficient (Wildman–Crippen LogP) is 3.14. The van der Waals surface area contributed by atoms with Gasteiger partial charge < -0.3 is 29.9 Å². The van der Waals surface area contributed by atoms with Crippen LogP contribution in [0.5, 0.6) is 6.01 Å². The van der Waals surface area contributed by atoms with E-state index in [0.717, 1.165) is 44.7 Å². The van der Waals surface area contributed by atoms with Gasteiger partial charge in [0.1, 0.15) is 0 Å². The molecule has 6 rings (SSSR count). The van der Waals surface area contributed by atoms with E-state index in [2.05, 4.69) is 32.1 Å². The highest BCUT2D eigenvalue weighted by atomic mass is 16.6. The first-order chi connectivity index (χ1) is 19.9. The first-order valence-electron chi connectivity index (χ1n) is 14.0. The van der Waals surface area contributed by atoms with Crippen LogP contribution in [0.2, 0.25) is 0 Å². The number of hydrogen-bond acceptors (Lipinski definition) is 7. The van der Waals surface area contributed by atoms with Crippen LogP contribution in [-0.2, 0) is 12.3 Å². The second kappa shape index (κ2) is 11.3. The number of piperazine rings is 1. The van der Waals surface area contributed by atoms with E-state index in [0.29, 0.717) is 34.3 Å². The Hall–Kier alpha value is -4.25. The number of fused-ring (bicyclic) bond motifs is 2. The van der Waals surface area contributed by atoms with Gasteiger partial charge in [0.25, 0.3) is 5.91 Å². The van der Waals surface area contributed by atoms with Gasteiger partial charge in [-0.1, -0.05) is 54.6 Å². The second-order valence-corrected chi connectivity index (χ2v) is 10.7. The van der Waals surface area contributed by atoms with E-state index in [1.54, 1.807) is 36.4 Å². The maximum atomic E-state index is 13.5.